The van der Waals surface area contributed by atoms with E-state index in [2.05, 4.69) is 26.0 Å². The monoisotopic (exact) mass is 156 g/mol. The Kier molecular flexibility index (Phi) is 1.52. The molecule has 1 aromatic rings. The molecule has 7 heavy (non-hydrogen) atoms. The van der Waals surface area contributed by atoms with Crippen molar-refractivity contribution in [3.63, 3.8) is 0 Å². The summed E-state index contributed by atoms with van der Waals surface area (Å²) in [5.74, 6) is 0. The summed E-state index contributed by atoms with van der Waals surface area (Å²) in [6, 6.07) is 1.83. The zero-order valence-electron chi connectivity index (χ0n) is 3.50. The van der Waals surface area contributed by atoms with Gasteiger partial charge < -0.3 is 0 Å². The van der Waals surface area contributed by atoms with Gasteiger partial charge >= 0.3 is 49.7 Å². The third-order valence-electron chi connectivity index (χ3n) is 0.548. The predicted molar refractivity (Wildman–Crippen MR) is 31.1 cm³/mol. The van der Waals surface area contributed by atoms with Crippen LogP contribution in [0.1, 0.15) is 0 Å². The number of hydrogen-bond donors (Lipinski definition) is 0. The summed E-state index contributed by atoms with van der Waals surface area (Å²) in [5.41, 5.74) is 0. The van der Waals surface area contributed by atoms with Gasteiger partial charge in [0.2, 0.25) is 0 Å². The van der Waals surface area contributed by atoms with Crippen molar-refractivity contribution >= 4 is 23.0 Å². The maximum absolute atomic E-state index is 3.59. The molecule has 0 aromatic carbocycles. The van der Waals surface area contributed by atoms with E-state index in [-0.39, 0.29) is 0 Å². The SMILES string of the molecule is Brc1bnncc1. The zero-order chi connectivity index (χ0) is 5.11. The number of aromatic nitrogens is 2. The molecule has 0 aliphatic heterocycles. The molecular formula is C3H2BBrN2. The van der Waals surface area contributed by atoms with Gasteiger partial charge in [0.1, 0.15) is 0 Å². The van der Waals surface area contributed by atoms with Crippen molar-refractivity contribution in [3.05, 3.63) is 16.6 Å². The van der Waals surface area contributed by atoms with E-state index in [9.17, 15) is 0 Å². The molecule has 0 aliphatic rings. The molecule has 0 spiro atoms. The van der Waals surface area contributed by atoms with Crippen molar-refractivity contribution < 1.29 is 0 Å². The second kappa shape index (κ2) is 2.16. The standard InChI is InChI=1S/C3H2BBrN2/c5-3-1-2-6-7-4-3/h1-2H. The Morgan fingerprint density at radius 1 is 1.71 bits per heavy atom. The normalized spacial score (nSPS) is 8.14. The van der Waals surface area contributed by atoms with Gasteiger partial charge in [-0.1, -0.05) is 0 Å². The van der Waals surface area contributed by atoms with Gasteiger partial charge in [-0.25, -0.2) is 0 Å². The van der Waals surface area contributed by atoms with E-state index in [1.807, 2.05) is 6.07 Å². The maximum atomic E-state index is 3.59. The van der Waals surface area contributed by atoms with Crippen LogP contribution in [0.3, 0.4) is 0 Å². The molecule has 0 atom stereocenters. The van der Waals surface area contributed by atoms with Crippen LogP contribution in [0.2, 0.25) is 0 Å². The Morgan fingerprint density at radius 2 is 2.57 bits per heavy atom. The Bertz CT molecular complexity index is 143. The molecule has 2 nitrogen and oxygen atoms in total. The van der Waals surface area contributed by atoms with E-state index < -0.39 is 0 Å². The zero-order valence-corrected chi connectivity index (χ0v) is 5.09. The quantitative estimate of drug-likeness (QED) is 0.550. The Balaban J connectivity index is 3.02. The van der Waals surface area contributed by atoms with Crippen molar-refractivity contribution in [3.8, 4) is 0 Å². The molecular weight excluding hydrogens is 155 g/mol. The minimum atomic E-state index is 0.961. The summed E-state index contributed by atoms with van der Waals surface area (Å²) in [5, 5.41) is 7.15. The van der Waals surface area contributed by atoms with Crippen LogP contribution in [-0.4, -0.2) is 17.2 Å². The third-order valence-corrected chi connectivity index (χ3v) is 1.02. The average molecular weight is 157 g/mol. The molecule has 0 unspecified atom stereocenters. The molecule has 1 heterocycles. The Labute approximate surface area is 50.3 Å². The van der Waals surface area contributed by atoms with Crippen molar-refractivity contribution in [2.24, 2.45) is 0 Å². The van der Waals surface area contributed by atoms with Crippen molar-refractivity contribution in [2.75, 3.05) is 0 Å². The average Bonchev–Trinajstić information content (AvgIpc) is 1.69. The molecule has 0 saturated carbocycles. The van der Waals surface area contributed by atoms with Crippen molar-refractivity contribution in [2.45, 2.75) is 0 Å². The third kappa shape index (κ3) is 1.35. The molecule has 0 aliphatic carbocycles. The fourth-order valence-corrected chi connectivity index (χ4v) is 0.484. The van der Waals surface area contributed by atoms with E-state index in [1.165, 1.54) is 0 Å². The summed E-state index contributed by atoms with van der Waals surface area (Å²) in [7, 11) is 1.64. The fraction of sp³-hybridized carbons (Fsp3) is 0. The summed E-state index contributed by atoms with van der Waals surface area (Å²) in [4.78, 5) is 0. The van der Waals surface area contributed by atoms with Gasteiger partial charge in [0.25, 0.3) is 0 Å². The van der Waals surface area contributed by atoms with Gasteiger partial charge in [-0.15, -0.1) is 0 Å². The summed E-state index contributed by atoms with van der Waals surface area (Å²) in [6.07, 6.45) is 1.63. The van der Waals surface area contributed by atoms with E-state index in [4.69, 9.17) is 0 Å². The first-order valence-corrected chi connectivity index (χ1v) is 2.61. The van der Waals surface area contributed by atoms with Gasteiger partial charge in [0.15, 0.2) is 0 Å². The number of halogens is 1. The second-order valence-corrected chi connectivity index (χ2v) is 1.98. The summed E-state index contributed by atoms with van der Waals surface area (Å²) >= 11 is 3.21. The molecule has 34 valence electrons. The van der Waals surface area contributed by atoms with Crippen LogP contribution >= 0.6 is 15.9 Å². The van der Waals surface area contributed by atoms with E-state index in [0.717, 1.165) is 4.37 Å². The van der Waals surface area contributed by atoms with E-state index in [0.29, 0.717) is 0 Å². The van der Waals surface area contributed by atoms with Crippen LogP contribution in [0, 0.1) is 0 Å². The molecule has 0 amide bonds. The Morgan fingerprint density at radius 3 is 2.86 bits per heavy atom. The van der Waals surface area contributed by atoms with Crippen LogP contribution in [0.5, 0.6) is 0 Å². The second-order valence-electron chi connectivity index (χ2n) is 1.06. The predicted octanol–water partition coefficient (Wildman–Crippen LogP) is 0.577. The van der Waals surface area contributed by atoms with Crippen molar-refractivity contribution in [1.29, 1.82) is 0 Å². The van der Waals surface area contributed by atoms with E-state index in [1.54, 1.807) is 13.2 Å². The molecule has 0 fully saturated rings. The van der Waals surface area contributed by atoms with E-state index >= 15 is 0 Å². The van der Waals surface area contributed by atoms with Gasteiger partial charge in [-0.3, -0.25) is 0 Å². The van der Waals surface area contributed by atoms with Crippen LogP contribution < -0.4 is 0 Å². The summed E-state index contributed by atoms with van der Waals surface area (Å²) in [6.45, 7) is 0. The molecule has 1 rings (SSSR count). The molecule has 0 bridgehead atoms. The van der Waals surface area contributed by atoms with Gasteiger partial charge in [-0.2, -0.15) is 0 Å². The first-order valence-electron chi connectivity index (χ1n) is 1.82. The molecule has 0 saturated heterocycles. The topological polar surface area (TPSA) is 25.8 Å². The van der Waals surface area contributed by atoms with Gasteiger partial charge in [0.05, 0.1) is 0 Å². The van der Waals surface area contributed by atoms with Crippen molar-refractivity contribution in [1.82, 2.24) is 10.1 Å². The molecule has 0 radical (unpaired) electrons. The number of rotatable bonds is 0. The van der Waals surface area contributed by atoms with Gasteiger partial charge in [0, 0.05) is 0 Å². The molecule has 4 heteroatoms. The fourth-order valence-electron chi connectivity index (χ4n) is 0.275. The molecule has 1 aromatic heterocycles. The van der Waals surface area contributed by atoms with Crippen LogP contribution in [-0.2, 0) is 0 Å². The number of hydrogen-bond acceptors (Lipinski definition) is 2. The summed E-state index contributed by atoms with van der Waals surface area (Å²) < 4.78 is 0.961. The minimum absolute atomic E-state index is 0.961. The number of nitrogens with zero attached hydrogens (tertiary/aromatic N) is 2. The Hall–Kier alpha value is -0.245. The van der Waals surface area contributed by atoms with Crippen LogP contribution in [0.15, 0.2) is 16.6 Å². The van der Waals surface area contributed by atoms with Gasteiger partial charge in [-0.05, 0) is 0 Å². The van der Waals surface area contributed by atoms with Crippen LogP contribution in [0.4, 0.5) is 0 Å². The molecule has 0 N–H and O–H groups in total. The first kappa shape index (κ1) is 4.90. The van der Waals surface area contributed by atoms with Crippen LogP contribution in [0.25, 0.3) is 0 Å². The first-order chi connectivity index (χ1) is 3.39.